The Kier molecular flexibility index (Phi) is 5.81. The minimum atomic E-state index is -0.451. The summed E-state index contributed by atoms with van der Waals surface area (Å²) in [7, 11) is 0. The standard InChI is InChI=1S/C13H25NO2/c1-3-12(8-11-6-4-5-7-11)13(16)14-9-10(2)15/h10-12,15H,3-9H2,1-2H3,(H,14,16). The van der Waals surface area contributed by atoms with Crippen LogP contribution in [0.3, 0.4) is 0 Å². The molecule has 1 rings (SSSR count). The number of hydrogen-bond acceptors (Lipinski definition) is 2. The summed E-state index contributed by atoms with van der Waals surface area (Å²) < 4.78 is 0. The van der Waals surface area contributed by atoms with Gasteiger partial charge in [-0.25, -0.2) is 0 Å². The van der Waals surface area contributed by atoms with Crippen molar-refractivity contribution in [2.75, 3.05) is 6.54 Å². The SMILES string of the molecule is CCC(CC1CCCC1)C(=O)NCC(C)O. The highest BCUT2D eigenvalue weighted by molar-refractivity contribution is 5.78. The second kappa shape index (κ2) is 6.89. The van der Waals surface area contributed by atoms with Gasteiger partial charge in [0.05, 0.1) is 6.10 Å². The fourth-order valence-corrected chi connectivity index (χ4v) is 2.50. The molecule has 0 radical (unpaired) electrons. The Morgan fingerprint density at radius 3 is 2.56 bits per heavy atom. The summed E-state index contributed by atoms with van der Waals surface area (Å²) in [5.74, 6) is 1.01. The summed E-state index contributed by atoms with van der Waals surface area (Å²) in [4.78, 5) is 11.8. The summed E-state index contributed by atoms with van der Waals surface area (Å²) in [6.45, 7) is 4.14. The molecule has 1 fully saturated rings. The molecule has 3 nitrogen and oxygen atoms in total. The molecule has 2 N–H and O–H groups in total. The number of amides is 1. The van der Waals surface area contributed by atoms with Crippen LogP contribution in [0.1, 0.15) is 52.4 Å². The van der Waals surface area contributed by atoms with Gasteiger partial charge in [0.2, 0.25) is 5.91 Å². The van der Waals surface area contributed by atoms with Gasteiger partial charge in [0.25, 0.3) is 0 Å². The summed E-state index contributed by atoms with van der Waals surface area (Å²) in [6, 6.07) is 0. The third-order valence-electron chi connectivity index (χ3n) is 3.53. The van der Waals surface area contributed by atoms with Crippen molar-refractivity contribution in [1.82, 2.24) is 5.32 Å². The lowest BCUT2D eigenvalue weighted by Gasteiger charge is -2.19. The molecule has 0 bridgehead atoms. The van der Waals surface area contributed by atoms with Gasteiger partial charge >= 0.3 is 0 Å². The summed E-state index contributed by atoms with van der Waals surface area (Å²) >= 11 is 0. The highest BCUT2D eigenvalue weighted by Gasteiger charge is 2.23. The van der Waals surface area contributed by atoms with Crippen molar-refractivity contribution in [2.24, 2.45) is 11.8 Å². The molecule has 2 unspecified atom stereocenters. The van der Waals surface area contributed by atoms with Crippen LogP contribution < -0.4 is 5.32 Å². The van der Waals surface area contributed by atoms with Gasteiger partial charge < -0.3 is 10.4 Å². The molecule has 0 saturated heterocycles. The van der Waals surface area contributed by atoms with Crippen LogP contribution in [0.2, 0.25) is 0 Å². The Morgan fingerprint density at radius 1 is 1.44 bits per heavy atom. The van der Waals surface area contributed by atoms with Gasteiger partial charge in [0.15, 0.2) is 0 Å². The molecule has 0 aromatic carbocycles. The Balaban J connectivity index is 2.30. The number of nitrogens with one attached hydrogen (secondary N) is 1. The van der Waals surface area contributed by atoms with Crippen molar-refractivity contribution < 1.29 is 9.90 Å². The Bertz CT molecular complexity index is 210. The highest BCUT2D eigenvalue weighted by atomic mass is 16.3. The molecule has 0 spiro atoms. The van der Waals surface area contributed by atoms with Crippen LogP contribution in [0.5, 0.6) is 0 Å². The van der Waals surface area contributed by atoms with Crippen molar-refractivity contribution in [3.05, 3.63) is 0 Å². The van der Waals surface area contributed by atoms with Gasteiger partial charge in [-0.2, -0.15) is 0 Å². The molecule has 2 atom stereocenters. The molecular formula is C13H25NO2. The van der Waals surface area contributed by atoms with E-state index >= 15 is 0 Å². The van der Waals surface area contributed by atoms with Gasteiger partial charge in [-0.1, -0.05) is 32.6 Å². The zero-order chi connectivity index (χ0) is 12.0. The summed E-state index contributed by atoms with van der Waals surface area (Å²) in [5.41, 5.74) is 0. The fraction of sp³-hybridized carbons (Fsp3) is 0.923. The highest BCUT2D eigenvalue weighted by Crippen LogP contribution is 2.31. The normalized spacial score (nSPS) is 20.7. The Morgan fingerprint density at radius 2 is 2.06 bits per heavy atom. The second-order valence-electron chi connectivity index (χ2n) is 5.09. The monoisotopic (exact) mass is 227 g/mol. The first-order valence-electron chi connectivity index (χ1n) is 6.59. The van der Waals surface area contributed by atoms with E-state index in [2.05, 4.69) is 12.2 Å². The van der Waals surface area contributed by atoms with E-state index in [9.17, 15) is 4.79 Å². The molecule has 16 heavy (non-hydrogen) atoms. The van der Waals surface area contributed by atoms with E-state index in [4.69, 9.17) is 5.11 Å². The van der Waals surface area contributed by atoms with E-state index in [-0.39, 0.29) is 11.8 Å². The van der Waals surface area contributed by atoms with Crippen LogP contribution in [-0.2, 0) is 4.79 Å². The molecule has 94 valence electrons. The zero-order valence-electron chi connectivity index (χ0n) is 10.5. The topological polar surface area (TPSA) is 49.3 Å². The minimum absolute atomic E-state index is 0.121. The van der Waals surface area contributed by atoms with Gasteiger partial charge in [-0.15, -0.1) is 0 Å². The molecule has 3 heteroatoms. The average Bonchev–Trinajstić information content (AvgIpc) is 2.75. The lowest BCUT2D eigenvalue weighted by Crippen LogP contribution is -2.35. The third kappa shape index (κ3) is 4.52. The zero-order valence-corrected chi connectivity index (χ0v) is 10.5. The van der Waals surface area contributed by atoms with E-state index in [1.165, 1.54) is 25.7 Å². The number of carbonyl (C=O) groups is 1. The maximum absolute atomic E-state index is 11.8. The molecule has 1 saturated carbocycles. The summed E-state index contributed by atoms with van der Waals surface area (Å²) in [6.07, 6.45) is 6.73. The number of hydrogen-bond donors (Lipinski definition) is 2. The smallest absolute Gasteiger partial charge is 0.223 e. The number of rotatable bonds is 6. The number of aliphatic hydroxyl groups excluding tert-OH is 1. The third-order valence-corrected chi connectivity index (χ3v) is 3.53. The number of carbonyl (C=O) groups excluding carboxylic acids is 1. The first-order chi connectivity index (χ1) is 7.63. The lowest BCUT2D eigenvalue weighted by molar-refractivity contribution is -0.126. The van der Waals surface area contributed by atoms with Crippen LogP contribution in [-0.4, -0.2) is 23.7 Å². The molecule has 0 heterocycles. The van der Waals surface area contributed by atoms with Crippen molar-refractivity contribution in [3.63, 3.8) is 0 Å². The van der Waals surface area contributed by atoms with Crippen molar-refractivity contribution >= 4 is 5.91 Å². The van der Waals surface area contributed by atoms with Crippen molar-refractivity contribution in [3.8, 4) is 0 Å². The molecule has 0 aromatic rings. The lowest BCUT2D eigenvalue weighted by atomic mass is 9.91. The van der Waals surface area contributed by atoms with Crippen LogP contribution in [0.25, 0.3) is 0 Å². The minimum Gasteiger partial charge on any atom is -0.392 e. The van der Waals surface area contributed by atoms with E-state index in [1.54, 1.807) is 6.92 Å². The summed E-state index contributed by atoms with van der Waals surface area (Å²) in [5, 5.41) is 11.9. The van der Waals surface area contributed by atoms with E-state index in [1.807, 2.05) is 0 Å². The van der Waals surface area contributed by atoms with Gasteiger partial charge in [-0.05, 0) is 25.7 Å². The molecule has 1 amide bonds. The molecule has 0 aliphatic heterocycles. The first kappa shape index (κ1) is 13.5. The predicted octanol–water partition coefficient (Wildman–Crippen LogP) is 2.09. The van der Waals surface area contributed by atoms with E-state index in [0.29, 0.717) is 6.54 Å². The van der Waals surface area contributed by atoms with Crippen LogP contribution in [0.15, 0.2) is 0 Å². The Labute approximate surface area is 98.6 Å². The van der Waals surface area contributed by atoms with Crippen molar-refractivity contribution in [1.29, 1.82) is 0 Å². The largest absolute Gasteiger partial charge is 0.392 e. The molecule has 0 aromatic heterocycles. The first-order valence-corrected chi connectivity index (χ1v) is 6.59. The maximum atomic E-state index is 11.8. The molecule has 1 aliphatic rings. The van der Waals surface area contributed by atoms with Crippen LogP contribution in [0, 0.1) is 11.8 Å². The fourth-order valence-electron chi connectivity index (χ4n) is 2.50. The number of aliphatic hydroxyl groups is 1. The van der Waals surface area contributed by atoms with Crippen LogP contribution in [0.4, 0.5) is 0 Å². The second-order valence-corrected chi connectivity index (χ2v) is 5.09. The van der Waals surface area contributed by atoms with Gasteiger partial charge in [0, 0.05) is 12.5 Å². The van der Waals surface area contributed by atoms with Crippen molar-refractivity contribution in [2.45, 2.75) is 58.5 Å². The van der Waals surface area contributed by atoms with Crippen LogP contribution >= 0.6 is 0 Å². The molecular weight excluding hydrogens is 202 g/mol. The van der Waals surface area contributed by atoms with Gasteiger partial charge in [-0.3, -0.25) is 4.79 Å². The quantitative estimate of drug-likeness (QED) is 0.730. The van der Waals surface area contributed by atoms with E-state index in [0.717, 1.165) is 18.8 Å². The maximum Gasteiger partial charge on any atom is 0.223 e. The Hall–Kier alpha value is -0.570. The predicted molar refractivity (Wildman–Crippen MR) is 65.0 cm³/mol. The molecule has 1 aliphatic carbocycles. The van der Waals surface area contributed by atoms with Gasteiger partial charge in [0.1, 0.15) is 0 Å². The average molecular weight is 227 g/mol. The van der Waals surface area contributed by atoms with E-state index < -0.39 is 6.10 Å².